The van der Waals surface area contributed by atoms with Gasteiger partial charge in [-0.15, -0.1) is 0 Å². The van der Waals surface area contributed by atoms with Crippen LogP contribution in [0.2, 0.25) is 0 Å². The Balaban J connectivity index is 1.77. The van der Waals surface area contributed by atoms with E-state index in [0.29, 0.717) is 34.8 Å². The van der Waals surface area contributed by atoms with E-state index >= 15 is 0 Å². The van der Waals surface area contributed by atoms with Crippen molar-refractivity contribution in [2.45, 2.75) is 6.61 Å². The van der Waals surface area contributed by atoms with Crippen molar-refractivity contribution in [1.29, 1.82) is 0 Å². The molecule has 4 heteroatoms. The van der Waals surface area contributed by atoms with Gasteiger partial charge in [-0.2, -0.15) is 0 Å². The highest BCUT2D eigenvalue weighted by molar-refractivity contribution is 5.86. The third-order valence-electron chi connectivity index (χ3n) is 4.18. The molecule has 4 rings (SSSR count). The monoisotopic (exact) mass is 356 g/mol. The summed E-state index contributed by atoms with van der Waals surface area (Å²) in [6.07, 6.45) is 0. The van der Waals surface area contributed by atoms with Crippen LogP contribution in [0, 0.1) is 12.1 Å². The second-order valence-corrected chi connectivity index (χ2v) is 5.97. The van der Waals surface area contributed by atoms with Gasteiger partial charge in [-0.3, -0.25) is 4.79 Å². The Morgan fingerprint density at radius 1 is 1.04 bits per heavy atom. The lowest BCUT2D eigenvalue weighted by atomic mass is 10.1. The lowest BCUT2D eigenvalue weighted by Crippen LogP contribution is -2.04. The van der Waals surface area contributed by atoms with Gasteiger partial charge < -0.3 is 13.9 Å². The number of rotatable bonds is 5. The van der Waals surface area contributed by atoms with Gasteiger partial charge in [-0.1, -0.05) is 42.5 Å². The number of hydrogen-bond donors (Lipinski definition) is 0. The van der Waals surface area contributed by atoms with Crippen LogP contribution in [0.15, 0.2) is 75.9 Å². The minimum absolute atomic E-state index is 0.175. The van der Waals surface area contributed by atoms with Crippen LogP contribution in [0.1, 0.15) is 5.56 Å². The Hall–Kier alpha value is -3.71. The fourth-order valence-corrected chi connectivity index (χ4v) is 2.86. The Labute approximate surface area is 156 Å². The molecule has 0 radical (unpaired) electrons. The average molecular weight is 356 g/mol. The molecule has 0 aliphatic carbocycles. The molecule has 0 amide bonds. The minimum Gasteiger partial charge on any atom is -0.496 e. The fourth-order valence-electron chi connectivity index (χ4n) is 2.86. The molecular formula is C23H16O4. The summed E-state index contributed by atoms with van der Waals surface area (Å²) < 4.78 is 17.2. The first-order valence-electron chi connectivity index (χ1n) is 8.45. The van der Waals surface area contributed by atoms with Crippen molar-refractivity contribution >= 4 is 11.0 Å². The van der Waals surface area contributed by atoms with E-state index in [-0.39, 0.29) is 5.43 Å². The summed E-state index contributed by atoms with van der Waals surface area (Å²) in [5.74, 6) is 1.44. The van der Waals surface area contributed by atoms with Gasteiger partial charge in [0.15, 0.2) is 5.43 Å². The van der Waals surface area contributed by atoms with E-state index in [1.807, 2.05) is 36.4 Å². The van der Waals surface area contributed by atoms with Crippen molar-refractivity contribution in [3.8, 4) is 22.8 Å². The number of methoxy groups -OCH3 is 1. The largest absolute Gasteiger partial charge is 0.496 e. The zero-order chi connectivity index (χ0) is 18.6. The van der Waals surface area contributed by atoms with Gasteiger partial charge in [0.1, 0.15) is 34.8 Å². The van der Waals surface area contributed by atoms with E-state index in [4.69, 9.17) is 13.9 Å². The topological polar surface area (TPSA) is 48.7 Å². The lowest BCUT2D eigenvalue weighted by molar-refractivity contribution is 0.304. The fraction of sp³-hybridized carbons (Fsp3) is 0.0870. The standard InChI is InChI=1S/C23H16O4/c1-25-21-12-18(26-15-16-8-4-2-5-9-16)13-22-23(21)19(24)14-20(27-22)17-10-6-3-7-11-17/h2,4-6,8-14H,15H2,1H3. The Morgan fingerprint density at radius 3 is 2.63 bits per heavy atom. The molecule has 0 aliphatic rings. The van der Waals surface area contributed by atoms with E-state index < -0.39 is 0 Å². The normalized spacial score (nSPS) is 10.4. The molecule has 3 aromatic carbocycles. The molecule has 4 aromatic rings. The molecule has 0 unspecified atom stereocenters. The van der Waals surface area contributed by atoms with E-state index in [2.05, 4.69) is 12.1 Å². The van der Waals surface area contributed by atoms with E-state index in [9.17, 15) is 4.79 Å². The SMILES string of the molecule is COc1cc(OCc2ccccc2)cc2oc(-c3cc#ccc3)cc(=O)c12. The summed E-state index contributed by atoms with van der Waals surface area (Å²) in [5.41, 5.74) is 2.03. The second kappa shape index (κ2) is 7.27. The molecule has 0 spiro atoms. The first-order chi connectivity index (χ1) is 13.2. The summed E-state index contributed by atoms with van der Waals surface area (Å²) in [6, 6.07) is 25.7. The average Bonchev–Trinajstić information content (AvgIpc) is 2.72. The van der Waals surface area contributed by atoms with Crippen LogP contribution < -0.4 is 14.9 Å². The number of ether oxygens (including phenoxy) is 2. The molecule has 1 heterocycles. The highest BCUT2D eigenvalue weighted by Crippen LogP contribution is 2.32. The zero-order valence-electron chi connectivity index (χ0n) is 14.7. The third-order valence-corrected chi connectivity index (χ3v) is 4.18. The molecule has 0 atom stereocenters. The van der Waals surface area contributed by atoms with Crippen LogP contribution >= 0.6 is 0 Å². The molecule has 27 heavy (non-hydrogen) atoms. The first-order valence-corrected chi connectivity index (χ1v) is 8.45. The quantitative estimate of drug-likeness (QED) is 0.522. The van der Waals surface area contributed by atoms with Crippen LogP contribution in [-0.4, -0.2) is 7.11 Å². The Bertz CT molecular complexity index is 1120. The number of benzene rings is 2. The maximum Gasteiger partial charge on any atom is 0.197 e. The molecule has 0 fully saturated rings. The van der Waals surface area contributed by atoms with Crippen LogP contribution in [0.4, 0.5) is 0 Å². The van der Waals surface area contributed by atoms with Gasteiger partial charge in [-0.25, -0.2) is 0 Å². The highest BCUT2D eigenvalue weighted by atomic mass is 16.5. The number of hydrogen-bond acceptors (Lipinski definition) is 4. The van der Waals surface area contributed by atoms with Gasteiger partial charge in [0.2, 0.25) is 0 Å². The molecule has 0 saturated carbocycles. The molecule has 0 saturated heterocycles. The summed E-state index contributed by atoms with van der Waals surface area (Å²) >= 11 is 0. The minimum atomic E-state index is -0.175. The van der Waals surface area contributed by atoms with Crippen molar-refractivity contribution in [1.82, 2.24) is 0 Å². The van der Waals surface area contributed by atoms with Crippen LogP contribution in [-0.2, 0) is 6.61 Å². The molecule has 0 bridgehead atoms. The maximum atomic E-state index is 12.6. The third kappa shape index (κ3) is 3.49. The second-order valence-electron chi connectivity index (χ2n) is 5.97. The molecule has 1 aromatic heterocycles. The van der Waals surface area contributed by atoms with E-state index in [0.717, 1.165) is 11.1 Å². The summed E-state index contributed by atoms with van der Waals surface area (Å²) in [7, 11) is 1.52. The lowest BCUT2D eigenvalue weighted by Gasteiger charge is -2.11. The van der Waals surface area contributed by atoms with Crippen LogP contribution in [0.25, 0.3) is 22.3 Å². The summed E-state index contributed by atoms with van der Waals surface area (Å²) in [5, 5.41) is 0.389. The van der Waals surface area contributed by atoms with Crippen LogP contribution in [0.5, 0.6) is 11.5 Å². The predicted molar refractivity (Wildman–Crippen MR) is 103 cm³/mol. The van der Waals surface area contributed by atoms with Gasteiger partial charge in [-0.05, 0) is 23.8 Å². The predicted octanol–water partition coefficient (Wildman–Crippen LogP) is 4.65. The molecular weight excluding hydrogens is 340 g/mol. The van der Waals surface area contributed by atoms with Crippen molar-refractivity contribution in [2.24, 2.45) is 0 Å². The van der Waals surface area contributed by atoms with Gasteiger partial charge in [0.05, 0.1) is 7.11 Å². The molecule has 132 valence electrons. The summed E-state index contributed by atoms with van der Waals surface area (Å²) in [6.45, 7) is 0.406. The molecule has 0 N–H and O–H groups in total. The summed E-state index contributed by atoms with van der Waals surface area (Å²) in [4.78, 5) is 12.6. The van der Waals surface area contributed by atoms with Gasteiger partial charge in [0, 0.05) is 23.8 Å². The van der Waals surface area contributed by atoms with Gasteiger partial charge >= 0.3 is 0 Å². The molecule has 4 nitrogen and oxygen atoms in total. The van der Waals surface area contributed by atoms with E-state index in [1.54, 1.807) is 24.3 Å². The zero-order valence-corrected chi connectivity index (χ0v) is 14.7. The number of fused-ring (bicyclic) bond motifs is 1. The maximum absolute atomic E-state index is 12.6. The molecule has 0 aliphatic heterocycles. The van der Waals surface area contributed by atoms with Gasteiger partial charge in [0.25, 0.3) is 0 Å². The first kappa shape index (κ1) is 16.7. The Morgan fingerprint density at radius 2 is 1.89 bits per heavy atom. The smallest absolute Gasteiger partial charge is 0.197 e. The highest BCUT2D eigenvalue weighted by Gasteiger charge is 2.14. The van der Waals surface area contributed by atoms with Crippen molar-refractivity contribution in [3.63, 3.8) is 0 Å². The van der Waals surface area contributed by atoms with Crippen LogP contribution in [0.3, 0.4) is 0 Å². The van der Waals surface area contributed by atoms with E-state index in [1.165, 1.54) is 13.2 Å². The van der Waals surface area contributed by atoms with Crippen molar-refractivity contribution in [2.75, 3.05) is 7.11 Å². The van der Waals surface area contributed by atoms with Crippen molar-refractivity contribution < 1.29 is 13.9 Å². The Kier molecular flexibility index (Phi) is 4.51. The van der Waals surface area contributed by atoms with Crippen molar-refractivity contribution in [3.05, 3.63) is 94.6 Å².